The summed E-state index contributed by atoms with van der Waals surface area (Å²) in [5.41, 5.74) is 2.49. The molecule has 1 aliphatic rings. The van der Waals surface area contributed by atoms with Crippen LogP contribution in [-0.2, 0) is 10.0 Å². The third kappa shape index (κ3) is 6.89. The molecule has 0 saturated carbocycles. The van der Waals surface area contributed by atoms with E-state index in [4.69, 9.17) is 4.98 Å². The van der Waals surface area contributed by atoms with E-state index in [1.54, 1.807) is 33.5 Å². The number of rotatable bonds is 9. The van der Waals surface area contributed by atoms with E-state index >= 15 is 0 Å². The highest BCUT2D eigenvalue weighted by atomic mass is 35.5. The lowest BCUT2D eigenvalue weighted by Gasteiger charge is -2.25. The van der Waals surface area contributed by atoms with Crippen molar-refractivity contribution in [3.63, 3.8) is 0 Å². The third-order valence-electron chi connectivity index (χ3n) is 6.85. The minimum Gasteiger partial charge on any atom is -0.302 e. The quantitative estimate of drug-likeness (QED) is 0.339. The zero-order valence-corrected chi connectivity index (χ0v) is 24.3. The van der Waals surface area contributed by atoms with Gasteiger partial charge >= 0.3 is 0 Å². The first-order chi connectivity index (χ1) is 17.3. The average molecular weight is 565 g/mol. The van der Waals surface area contributed by atoms with Crippen LogP contribution in [0.1, 0.15) is 55.5 Å². The van der Waals surface area contributed by atoms with Gasteiger partial charge in [-0.25, -0.2) is 13.4 Å². The van der Waals surface area contributed by atoms with Crippen LogP contribution >= 0.6 is 23.7 Å². The summed E-state index contributed by atoms with van der Waals surface area (Å²) < 4.78 is 29.0. The SMILES string of the molecule is CCN(CC)CCN(C(=O)c1ccc(S(=O)(=O)N2CCCCCC2)cc1)c1nc2ccc(C)cc2s1.Cl. The lowest BCUT2D eigenvalue weighted by molar-refractivity contribution is 0.0983. The summed E-state index contributed by atoms with van der Waals surface area (Å²) in [6, 6.07) is 12.5. The van der Waals surface area contributed by atoms with Gasteiger partial charge in [0.15, 0.2) is 5.13 Å². The number of fused-ring (bicyclic) bond motifs is 1. The number of carbonyl (C=O) groups is 1. The number of nitrogens with zero attached hydrogens (tertiary/aromatic N) is 4. The molecule has 0 bridgehead atoms. The minimum atomic E-state index is -3.56. The number of aromatic nitrogens is 1. The topological polar surface area (TPSA) is 73.8 Å². The molecule has 7 nitrogen and oxygen atoms in total. The first-order valence-corrected chi connectivity index (χ1v) is 15.1. The summed E-state index contributed by atoms with van der Waals surface area (Å²) in [7, 11) is -3.56. The molecule has 202 valence electrons. The van der Waals surface area contributed by atoms with Crippen molar-refractivity contribution in [3.8, 4) is 0 Å². The molecular weight excluding hydrogens is 528 g/mol. The first kappa shape index (κ1) is 29.5. The van der Waals surface area contributed by atoms with E-state index in [9.17, 15) is 13.2 Å². The van der Waals surface area contributed by atoms with Gasteiger partial charge in [0, 0.05) is 31.7 Å². The Morgan fingerprint density at radius 1 is 0.973 bits per heavy atom. The Labute approximate surface area is 230 Å². The highest BCUT2D eigenvalue weighted by Crippen LogP contribution is 2.31. The van der Waals surface area contributed by atoms with Crippen LogP contribution in [0.2, 0.25) is 0 Å². The van der Waals surface area contributed by atoms with Gasteiger partial charge in [-0.2, -0.15) is 4.31 Å². The number of likely N-dealkylation sites (N-methyl/N-ethyl adjacent to an activating group) is 1. The van der Waals surface area contributed by atoms with Crippen molar-refractivity contribution in [2.45, 2.75) is 51.3 Å². The molecule has 0 aliphatic carbocycles. The molecule has 0 N–H and O–H groups in total. The molecule has 2 aromatic carbocycles. The average Bonchev–Trinajstić information content (AvgIpc) is 3.09. The molecule has 1 aliphatic heterocycles. The van der Waals surface area contributed by atoms with Crippen molar-refractivity contribution in [2.24, 2.45) is 0 Å². The molecular formula is C27H37ClN4O3S2. The molecule has 0 unspecified atom stereocenters. The second-order valence-corrected chi connectivity index (χ2v) is 12.2. The van der Waals surface area contributed by atoms with Crippen LogP contribution in [0.5, 0.6) is 0 Å². The second-order valence-electron chi connectivity index (χ2n) is 9.29. The van der Waals surface area contributed by atoms with Crippen LogP contribution in [0.4, 0.5) is 5.13 Å². The van der Waals surface area contributed by atoms with Crippen molar-refractivity contribution in [1.29, 1.82) is 0 Å². The minimum absolute atomic E-state index is 0. The molecule has 0 atom stereocenters. The van der Waals surface area contributed by atoms with E-state index in [1.807, 2.05) is 19.1 Å². The van der Waals surface area contributed by atoms with Gasteiger partial charge in [-0.05, 0) is 74.8 Å². The molecule has 1 fully saturated rings. The Hall–Kier alpha value is -2.04. The Morgan fingerprint density at radius 2 is 1.62 bits per heavy atom. The maximum absolute atomic E-state index is 13.7. The van der Waals surface area contributed by atoms with Crippen LogP contribution in [0.3, 0.4) is 0 Å². The summed E-state index contributed by atoms with van der Waals surface area (Å²) in [4.78, 5) is 22.7. The number of hydrogen-bond donors (Lipinski definition) is 0. The number of sulfonamides is 1. The fourth-order valence-electron chi connectivity index (χ4n) is 4.56. The molecule has 4 rings (SSSR count). The summed E-state index contributed by atoms with van der Waals surface area (Å²) in [5, 5.41) is 0.661. The summed E-state index contributed by atoms with van der Waals surface area (Å²) in [6.45, 7) is 10.4. The van der Waals surface area contributed by atoms with Crippen LogP contribution in [0.25, 0.3) is 10.2 Å². The summed E-state index contributed by atoms with van der Waals surface area (Å²) >= 11 is 1.51. The van der Waals surface area contributed by atoms with Gasteiger partial charge in [0.25, 0.3) is 5.91 Å². The highest BCUT2D eigenvalue weighted by molar-refractivity contribution is 7.89. The molecule has 10 heteroatoms. The normalized spacial score (nSPS) is 14.9. The predicted octanol–water partition coefficient (Wildman–Crippen LogP) is 5.58. The predicted molar refractivity (Wildman–Crippen MR) is 155 cm³/mol. The number of thiazole rings is 1. The van der Waals surface area contributed by atoms with Gasteiger partial charge in [-0.15, -0.1) is 12.4 Å². The number of hydrogen-bond acceptors (Lipinski definition) is 6. The standard InChI is InChI=1S/C27H36N4O3S2.ClH/c1-4-29(5-2)18-19-31(27-28-24-15-10-21(3)20-25(24)35-27)26(32)22-11-13-23(14-12-22)36(33,34)30-16-8-6-7-9-17-30;/h10-15,20H,4-9,16-19H2,1-3H3;1H. The number of halogens is 1. The third-order valence-corrected chi connectivity index (χ3v) is 9.80. The van der Waals surface area contributed by atoms with E-state index < -0.39 is 10.0 Å². The molecule has 37 heavy (non-hydrogen) atoms. The smallest absolute Gasteiger partial charge is 0.260 e. The number of carbonyl (C=O) groups excluding carboxylic acids is 1. The molecule has 2 heterocycles. The maximum Gasteiger partial charge on any atom is 0.260 e. The van der Waals surface area contributed by atoms with Crippen molar-refractivity contribution in [2.75, 3.05) is 44.2 Å². The van der Waals surface area contributed by atoms with Crippen LogP contribution < -0.4 is 4.90 Å². The van der Waals surface area contributed by atoms with E-state index in [-0.39, 0.29) is 23.2 Å². The van der Waals surface area contributed by atoms with Crippen molar-refractivity contribution in [3.05, 3.63) is 53.6 Å². The highest BCUT2D eigenvalue weighted by Gasteiger charge is 2.26. The Bertz CT molecular complexity index is 1280. The van der Waals surface area contributed by atoms with Gasteiger partial charge in [0.2, 0.25) is 10.0 Å². The monoisotopic (exact) mass is 564 g/mol. The number of amides is 1. The maximum atomic E-state index is 13.7. The molecule has 1 amide bonds. The van der Waals surface area contributed by atoms with Gasteiger partial charge in [0.05, 0.1) is 15.1 Å². The lowest BCUT2D eigenvalue weighted by atomic mass is 10.2. The van der Waals surface area contributed by atoms with Crippen LogP contribution in [0.15, 0.2) is 47.4 Å². The number of aryl methyl sites for hydroxylation is 1. The summed E-state index contributed by atoms with van der Waals surface area (Å²) in [6.07, 6.45) is 3.90. The first-order valence-electron chi connectivity index (χ1n) is 12.8. The zero-order valence-electron chi connectivity index (χ0n) is 21.9. The van der Waals surface area contributed by atoms with Crippen LogP contribution in [-0.4, -0.2) is 67.8 Å². The lowest BCUT2D eigenvalue weighted by Crippen LogP contribution is -2.39. The Balaban J connectivity index is 0.00000380. The molecule has 1 saturated heterocycles. The molecule has 1 aromatic heterocycles. The van der Waals surface area contributed by atoms with Gasteiger partial charge in [-0.3, -0.25) is 9.69 Å². The molecule has 0 spiro atoms. The van der Waals surface area contributed by atoms with Gasteiger partial charge in [0.1, 0.15) is 0 Å². The van der Waals surface area contributed by atoms with E-state index in [2.05, 4.69) is 24.8 Å². The van der Waals surface area contributed by atoms with Crippen LogP contribution in [0, 0.1) is 6.92 Å². The number of anilines is 1. The zero-order chi connectivity index (χ0) is 25.7. The van der Waals surface area contributed by atoms with Gasteiger partial charge < -0.3 is 4.90 Å². The molecule has 3 aromatic rings. The van der Waals surface area contributed by atoms with E-state index in [0.717, 1.165) is 61.1 Å². The number of benzene rings is 2. The fraction of sp³-hybridized carbons (Fsp3) is 0.481. The van der Waals surface area contributed by atoms with Crippen molar-refractivity contribution < 1.29 is 13.2 Å². The second kappa shape index (κ2) is 13.2. The summed E-state index contributed by atoms with van der Waals surface area (Å²) in [5.74, 6) is -0.170. The Kier molecular flexibility index (Phi) is 10.5. The van der Waals surface area contributed by atoms with Crippen molar-refractivity contribution >= 4 is 55.0 Å². The van der Waals surface area contributed by atoms with E-state index in [0.29, 0.717) is 30.3 Å². The largest absolute Gasteiger partial charge is 0.302 e. The van der Waals surface area contributed by atoms with Gasteiger partial charge in [-0.1, -0.05) is 44.1 Å². The fourth-order valence-corrected chi connectivity index (χ4v) is 7.16. The Morgan fingerprint density at radius 3 is 2.24 bits per heavy atom. The van der Waals surface area contributed by atoms with E-state index in [1.165, 1.54) is 11.3 Å². The van der Waals surface area contributed by atoms with Crippen molar-refractivity contribution in [1.82, 2.24) is 14.2 Å². The molecule has 0 radical (unpaired) electrons.